The third kappa shape index (κ3) is 2.90. The molecular weight excluding hydrogens is 270 g/mol. The molecule has 1 aromatic rings. The van der Waals surface area contributed by atoms with Crippen LogP contribution in [-0.2, 0) is 9.53 Å². The van der Waals surface area contributed by atoms with Crippen molar-refractivity contribution in [3.05, 3.63) is 35.0 Å². The lowest BCUT2D eigenvalue weighted by atomic mass is 10.1. The number of anilines is 1. The molecule has 0 bridgehead atoms. The molecule has 1 aromatic carbocycles. The summed E-state index contributed by atoms with van der Waals surface area (Å²) in [5, 5.41) is 4.68. The first kappa shape index (κ1) is 13.6. The average molecular weight is 287 g/mol. The fourth-order valence-corrected chi connectivity index (χ4v) is 2.48. The quantitative estimate of drug-likeness (QED) is 0.629. The molecule has 110 valence electrons. The number of carbonyl (C=O) groups excluding carboxylic acids is 2. The molecule has 0 radical (unpaired) electrons. The lowest BCUT2D eigenvalue weighted by molar-refractivity contribution is -0.115. The van der Waals surface area contributed by atoms with Gasteiger partial charge in [0, 0.05) is 18.8 Å². The fraction of sp³-hybridized carbons (Fsp3) is 0.333. The number of carbonyl (C=O) groups is 2. The molecule has 0 aliphatic carbocycles. The van der Waals surface area contributed by atoms with Crippen LogP contribution in [0.15, 0.2) is 23.9 Å². The number of hydrogen-bond acceptors (Lipinski definition) is 4. The first-order valence-electron chi connectivity index (χ1n) is 6.91. The maximum atomic E-state index is 11.5. The van der Waals surface area contributed by atoms with Crippen molar-refractivity contribution in [2.24, 2.45) is 0 Å². The van der Waals surface area contributed by atoms with E-state index in [1.807, 2.05) is 19.1 Å². The number of ether oxygens (including phenoxy) is 1. The van der Waals surface area contributed by atoms with Crippen LogP contribution in [-0.4, -0.2) is 38.2 Å². The summed E-state index contributed by atoms with van der Waals surface area (Å²) >= 11 is 0. The number of urea groups is 1. The average Bonchev–Trinajstić information content (AvgIpc) is 2.80. The maximum absolute atomic E-state index is 11.5. The topological polar surface area (TPSA) is 70.7 Å². The Labute approximate surface area is 122 Å². The largest absolute Gasteiger partial charge is 0.378 e. The van der Waals surface area contributed by atoms with Gasteiger partial charge in [0.15, 0.2) is 0 Å². The van der Waals surface area contributed by atoms with Gasteiger partial charge in [-0.25, -0.2) is 4.79 Å². The van der Waals surface area contributed by atoms with E-state index in [2.05, 4.69) is 21.6 Å². The number of rotatable bonds is 2. The van der Waals surface area contributed by atoms with Crippen molar-refractivity contribution in [2.75, 3.05) is 31.2 Å². The van der Waals surface area contributed by atoms with Gasteiger partial charge in [-0.05, 0) is 36.3 Å². The molecule has 6 nitrogen and oxygen atoms in total. The Morgan fingerprint density at radius 2 is 1.95 bits per heavy atom. The van der Waals surface area contributed by atoms with Gasteiger partial charge in [0.2, 0.25) is 0 Å². The predicted octanol–water partition coefficient (Wildman–Crippen LogP) is 1.01. The highest BCUT2D eigenvalue weighted by Crippen LogP contribution is 2.22. The number of amides is 3. The fourth-order valence-electron chi connectivity index (χ4n) is 2.48. The first-order chi connectivity index (χ1) is 10.1. The van der Waals surface area contributed by atoms with Crippen LogP contribution >= 0.6 is 0 Å². The van der Waals surface area contributed by atoms with E-state index in [9.17, 15) is 9.59 Å². The molecule has 2 aliphatic heterocycles. The van der Waals surface area contributed by atoms with Gasteiger partial charge in [0.1, 0.15) is 5.70 Å². The van der Waals surface area contributed by atoms with Crippen LogP contribution in [0.4, 0.5) is 10.5 Å². The summed E-state index contributed by atoms with van der Waals surface area (Å²) in [6.45, 7) is 5.26. The molecule has 0 spiro atoms. The van der Waals surface area contributed by atoms with Crippen molar-refractivity contribution in [2.45, 2.75) is 6.92 Å². The molecule has 3 rings (SSSR count). The van der Waals surface area contributed by atoms with Crippen LogP contribution in [0.25, 0.3) is 6.08 Å². The minimum absolute atomic E-state index is 0.280. The lowest BCUT2D eigenvalue weighted by Gasteiger charge is -2.29. The molecule has 0 saturated carbocycles. The molecule has 2 aliphatic rings. The van der Waals surface area contributed by atoms with Crippen molar-refractivity contribution >= 4 is 23.7 Å². The Balaban J connectivity index is 1.83. The van der Waals surface area contributed by atoms with Gasteiger partial charge in [-0.2, -0.15) is 0 Å². The van der Waals surface area contributed by atoms with Gasteiger partial charge in [-0.15, -0.1) is 0 Å². The second-order valence-corrected chi connectivity index (χ2v) is 5.11. The number of hydrogen-bond donors (Lipinski definition) is 2. The number of morpholine rings is 1. The van der Waals surface area contributed by atoms with Crippen LogP contribution in [0, 0.1) is 6.92 Å². The number of benzene rings is 1. The Morgan fingerprint density at radius 1 is 1.19 bits per heavy atom. The number of imide groups is 1. The van der Waals surface area contributed by atoms with E-state index in [0.717, 1.165) is 43.1 Å². The van der Waals surface area contributed by atoms with Crippen LogP contribution in [0.1, 0.15) is 11.1 Å². The van der Waals surface area contributed by atoms with Crippen molar-refractivity contribution < 1.29 is 14.3 Å². The molecule has 2 saturated heterocycles. The van der Waals surface area contributed by atoms with Crippen LogP contribution in [0.3, 0.4) is 0 Å². The van der Waals surface area contributed by atoms with Gasteiger partial charge >= 0.3 is 6.03 Å². The van der Waals surface area contributed by atoms with Crippen LogP contribution < -0.4 is 15.5 Å². The normalized spacial score (nSPS) is 20.6. The molecule has 3 amide bonds. The van der Waals surface area contributed by atoms with E-state index < -0.39 is 11.9 Å². The molecule has 0 aromatic heterocycles. The molecular formula is C15H17N3O3. The first-order valence-corrected chi connectivity index (χ1v) is 6.91. The number of nitrogens with zero attached hydrogens (tertiary/aromatic N) is 1. The van der Waals surface area contributed by atoms with Crippen molar-refractivity contribution in [3.8, 4) is 0 Å². The second kappa shape index (κ2) is 5.57. The number of aryl methyl sites for hydroxylation is 1. The zero-order valence-electron chi connectivity index (χ0n) is 11.8. The Kier molecular flexibility index (Phi) is 3.62. The summed E-state index contributed by atoms with van der Waals surface area (Å²) in [5.74, 6) is -0.392. The summed E-state index contributed by atoms with van der Waals surface area (Å²) in [6, 6.07) is 5.60. The van der Waals surface area contributed by atoms with E-state index in [-0.39, 0.29) is 5.70 Å². The molecule has 2 heterocycles. The van der Waals surface area contributed by atoms with Gasteiger partial charge in [-0.3, -0.25) is 10.1 Å². The monoisotopic (exact) mass is 287 g/mol. The van der Waals surface area contributed by atoms with Crippen molar-refractivity contribution in [1.82, 2.24) is 10.6 Å². The highest BCUT2D eigenvalue weighted by atomic mass is 16.5. The minimum atomic E-state index is -0.478. The Morgan fingerprint density at radius 3 is 2.57 bits per heavy atom. The van der Waals surface area contributed by atoms with Gasteiger partial charge in [0.05, 0.1) is 13.2 Å². The van der Waals surface area contributed by atoms with E-state index in [0.29, 0.717) is 0 Å². The molecule has 2 fully saturated rings. The summed E-state index contributed by atoms with van der Waals surface area (Å²) < 4.78 is 5.35. The Bertz CT molecular complexity index is 619. The predicted molar refractivity (Wildman–Crippen MR) is 78.9 cm³/mol. The molecule has 2 N–H and O–H groups in total. The molecule has 0 unspecified atom stereocenters. The molecule has 0 atom stereocenters. The summed E-state index contributed by atoms with van der Waals surface area (Å²) in [5.41, 5.74) is 3.40. The lowest BCUT2D eigenvalue weighted by Crippen LogP contribution is -2.36. The minimum Gasteiger partial charge on any atom is -0.378 e. The van der Waals surface area contributed by atoms with Crippen molar-refractivity contribution in [3.63, 3.8) is 0 Å². The van der Waals surface area contributed by atoms with Crippen molar-refractivity contribution in [1.29, 1.82) is 0 Å². The van der Waals surface area contributed by atoms with E-state index >= 15 is 0 Å². The number of nitrogens with one attached hydrogen (secondary N) is 2. The van der Waals surface area contributed by atoms with E-state index in [4.69, 9.17) is 4.74 Å². The standard InChI is InChI=1S/C15H17N3O3/c1-10-8-12(18-4-6-21-7-5-18)3-2-11(10)9-13-14(19)17-15(20)16-13/h2-3,8-9H,4-7H2,1H3,(H2,16,17,19,20). The SMILES string of the molecule is Cc1cc(N2CCOCC2)ccc1C=C1NC(=O)NC1=O. The zero-order chi connectivity index (χ0) is 14.8. The third-order valence-electron chi connectivity index (χ3n) is 3.65. The molecule has 6 heteroatoms. The van der Waals surface area contributed by atoms with Gasteiger partial charge in [0.25, 0.3) is 5.91 Å². The highest BCUT2D eigenvalue weighted by Gasteiger charge is 2.23. The molecule has 21 heavy (non-hydrogen) atoms. The second-order valence-electron chi connectivity index (χ2n) is 5.11. The highest BCUT2D eigenvalue weighted by molar-refractivity contribution is 6.14. The van der Waals surface area contributed by atoms with Gasteiger partial charge < -0.3 is 15.0 Å². The maximum Gasteiger partial charge on any atom is 0.326 e. The summed E-state index contributed by atoms with van der Waals surface area (Å²) in [7, 11) is 0. The summed E-state index contributed by atoms with van der Waals surface area (Å²) in [4.78, 5) is 24.9. The van der Waals surface area contributed by atoms with E-state index in [1.165, 1.54) is 0 Å². The van der Waals surface area contributed by atoms with E-state index in [1.54, 1.807) is 6.08 Å². The Hall–Kier alpha value is -2.34. The summed E-state index contributed by atoms with van der Waals surface area (Å²) in [6.07, 6.45) is 1.69. The smallest absolute Gasteiger partial charge is 0.326 e. The third-order valence-corrected chi connectivity index (χ3v) is 3.65. The van der Waals surface area contributed by atoms with Gasteiger partial charge in [-0.1, -0.05) is 6.07 Å². The zero-order valence-corrected chi connectivity index (χ0v) is 11.8. The van der Waals surface area contributed by atoms with Crippen LogP contribution in [0.5, 0.6) is 0 Å². The van der Waals surface area contributed by atoms with Crippen LogP contribution in [0.2, 0.25) is 0 Å².